The van der Waals surface area contributed by atoms with E-state index in [4.69, 9.17) is 11.1 Å². The molecule has 0 aliphatic carbocycles. The summed E-state index contributed by atoms with van der Waals surface area (Å²) < 4.78 is 0. The minimum Gasteiger partial charge on any atom is -0.396 e. The van der Waals surface area contributed by atoms with Crippen molar-refractivity contribution in [1.82, 2.24) is 20.3 Å². The van der Waals surface area contributed by atoms with Gasteiger partial charge in [-0.25, -0.2) is 5.01 Å². The number of nitrogens with one attached hydrogen (secondary N) is 2. The Kier molecular flexibility index (Phi) is 5.08. The molecule has 3 rings (SSSR count). The van der Waals surface area contributed by atoms with Crippen LogP contribution in [0.2, 0.25) is 0 Å². The van der Waals surface area contributed by atoms with Crippen LogP contribution in [0.4, 0.5) is 0 Å². The smallest absolute Gasteiger partial charge is 0.0749 e. The summed E-state index contributed by atoms with van der Waals surface area (Å²) in [6, 6.07) is 10.8. The van der Waals surface area contributed by atoms with Crippen molar-refractivity contribution in [2.45, 2.75) is 13.0 Å². The van der Waals surface area contributed by atoms with Crippen LogP contribution in [0.1, 0.15) is 18.5 Å². The number of benzene rings is 1. The molecule has 1 saturated heterocycles. The Morgan fingerprint density at radius 1 is 1.25 bits per heavy atom. The predicted octanol–water partition coefficient (Wildman–Crippen LogP) is 1.87. The minimum absolute atomic E-state index is 0.327. The molecule has 24 heavy (non-hydrogen) atoms. The van der Waals surface area contributed by atoms with E-state index in [1.807, 2.05) is 12.3 Å². The first-order valence-electron chi connectivity index (χ1n) is 8.24. The number of nitrogens with zero attached hydrogens (tertiary/aromatic N) is 3. The fourth-order valence-electron chi connectivity index (χ4n) is 3.11. The number of aromatic nitrogens is 1. The van der Waals surface area contributed by atoms with Crippen LogP contribution in [0.15, 0.2) is 48.4 Å². The molecule has 1 aliphatic rings. The van der Waals surface area contributed by atoms with Crippen molar-refractivity contribution in [2.24, 2.45) is 5.73 Å². The van der Waals surface area contributed by atoms with E-state index in [-0.39, 0.29) is 0 Å². The van der Waals surface area contributed by atoms with Crippen LogP contribution >= 0.6 is 0 Å². The number of rotatable bonds is 5. The molecule has 1 aromatic carbocycles. The molecule has 0 amide bonds. The number of hydrogen-bond acceptors (Lipinski definition) is 6. The summed E-state index contributed by atoms with van der Waals surface area (Å²) in [6.07, 6.45) is 4.67. The second-order valence-electron chi connectivity index (χ2n) is 6.04. The summed E-state index contributed by atoms with van der Waals surface area (Å²) in [6.45, 7) is 6.00. The highest BCUT2D eigenvalue weighted by molar-refractivity contribution is 5.81. The molecule has 0 radical (unpaired) electrons. The second kappa shape index (κ2) is 7.42. The average molecular weight is 324 g/mol. The van der Waals surface area contributed by atoms with E-state index < -0.39 is 0 Å². The largest absolute Gasteiger partial charge is 0.396 e. The van der Waals surface area contributed by atoms with Gasteiger partial charge in [0.1, 0.15) is 0 Å². The van der Waals surface area contributed by atoms with Crippen LogP contribution in [-0.2, 0) is 0 Å². The Bertz CT molecular complexity index is 728. The standard InChI is InChI=1S/C18H24N6/c1-14(17-6-2-4-15-5-3-7-21-18(15)17)23-8-10-24(11-9-23)22-13-16(20)12-19/h2-7,12-14,19,22H,8-11,20H2,1H3/b16-13+,19-12?. The zero-order valence-corrected chi connectivity index (χ0v) is 13.9. The third-order valence-electron chi connectivity index (χ3n) is 4.56. The summed E-state index contributed by atoms with van der Waals surface area (Å²) in [5.41, 5.74) is 11.6. The Hall–Kier alpha value is -2.44. The maximum Gasteiger partial charge on any atom is 0.0749 e. The van der Waals surface area contributed by atoms with Gasteiger partial charge in [-0.2, -0.15) is 0 Å². The highest BCUT2D eigenvalue weighted by atomic mass is 15.5. The lowest BCUT2D eigenvalue weighted by Gasteiger charge is -2.38. The summed E-state index contributed by atoms with van der Waals surface area (Å²) in [5.74, 6) is 0. The van der Waals surface area contributed by atoms with Crippen LogP contribution < -0.4 is 11.2 Å². The monoisotopic (exact) mass is 324 g/mol. The zero-order chi connectivity index (χ0) is 16.9. The lowest BCUT2D eigenvalue weighted by molar-refractivity contribution is 0.0809. The molecule has 0 bridgehead atoms. The van der Waals surface area contributed by atoms with Crippen molar-refractivity contribution in [3.05, 3.63) is 54.0 Å². The maximum atomic E-state index is 7.08. The van der Waals surface area contributed by atoms with Gasteiger partial charge in [0, 0.05) is 56.2 Å². The van der Waals surface area contributed by atoms with E-state index in [0.29, 0.717) is 11.7 Å². The lowest BCUT2D eigenvalue weighted by Crippen LogP contribution is -2.51. The first kappa shape index (κ1) is 16.4. The van der Waals surface area contributed by atoms with E-state index in [1.54, 1.807) is 6.20 Å². The van der Waals surface area contributed by atoms with Gasteiger partial charge >= 0.3 is 0 Å². The molecule has 1 unspecified atom stereocenters. The Morgan fingerprint density at radius 3 is 2.75 bits per heavy atom. The Morgan fingerprint density at radius 2 is 2.00 bits per heavy atom. The molecule has 126 valence electrons. The zero-order valence-electron chi connectivity index (χ0n) is 13.9. The van der Waals surface area contributed by atoms with Gasteiger partial charge in [-0.3, -0.25) is 9.88 Å². The minimum atomic E-state index is 0.327. The van der Waals surface area contributed by atoms with Crippen molar-refractivity contribution in [3.8, 4) is 0 Å². The van der Waals surface area contributed by atoms with Crippen LogP contribution in [-0.4, -0.2) is 47.3 Å². The molecule has 2 aromatic rings. The van der Waals surface area contributed by atoms with Gasteiger partial charge < -0.3 is 16.6 Å². The van der Waals surface area contributed by atoms with Gasteiger partial charge in [-0.1, -0.05) is 24.3 Å². The molecule has 0 spiro atoms. The third kappa shape index (κ3) is 3.55. The highest BCUT2D eigenvalue weighted by Gasteiger charge is 2.23. The number of piperazine rings is 1. The fourth-order valence-corrected chi connectivity index (χ4v) is 3.11. The Labute approximate surface area is 142 Å². The molecule has 1 fully saturated rings. The number of nitrogens with two attached hydrogens (primary N) is 1. The van der Waals surface area contributed by atoms with Crippen molar-refractivity contribution in [2.75, 3.05) is 26.2 Å². The normalized spacial score (nSPS) is 18.5. The van der Waals surface area contributed by atoms with Gasteiger partial charge in [0.05, 0.1) is 11.2 Å². The number of hydrazine groups is 1. The summed E-state index contributed by atoms with van der Waals surface area (Å²) in [7, 11) is 0. The molecular formula is C18H24N6. The van der Waals surface area contributed by atoms with E-state index in [2.05, 4.69) is 51.5 Å². The lowest BCUT2D eigenvalue weighted by atomic mass is 10.0. The molecule has 1 aromatic heterocycles. The van der Waals surface area contributed by atoms with Crippen molar-refractivity contribution in [3.63, 3.8) is 0 Å². The van der Waals surface area contributed by atoms with E-state index in [9.17, 15) is 0 Å². The molecule has 4 N–H and O–H groups in total. The number of pyridine rings is 1. The molecule has 6 nitrogen and oxygen atoms in total. The number of para-hydroxylation sites is 1. The van der Waals surface area contributed by atoms with Gasteiger partial charge in [-0.15, -0.1) is 0 Å². The van der Waals surface area contributed by atoms with Gasteiger partial charge in [-0.05, 0) is 18.6 Å². The summed E-state index contributed by atoms with van der Waals surface area (Å²) in [5, 5.41) is 10.4. The quantitative estimate of drug-likeness (QED) is 0.732. The van der Waals surface area contributed by atoms with E-state index in [1.165, 1.54) is 10.9 Å². The SMILES string of the molecule is CC(c1cccc2cccnc12)N1CCN(N/C=C(/N)C=N)CC1. The molecule has 6 heteroatoms. The number of hydrogen-bond donors (Lipinski definition) is 3. The second-order valence-corrected chi connectivity index (χ2v) is 6.04. The van der Waals surface area contributed by atoms with Gasteiger partial charge in [0.25, 0.3) is 0 Å². The first-order chi connectivity index (χ1) is 11.7. The van der Waals surface area contributed by atoms with Crippen molar-refractivity contribution < 1.29 is 0 Å². The molecule has 1 aliphatic heterocycles. The number of fused-ring (bicyclic) bond motifs is 1. The third-order valence-corrected chi connectivity index (χ3v) is 4.56. The number of allylic oxidation sites excluding steroid dienone is 1. The van der Waals surface area contributed by atoms with Crippen molar-refractivity contribution >= 4 is 17.1 Å². The van der Waals surface area contributed by atoms with Gasteiger partial charge in [0.15, 0.2) is 0 Å². The van der Waals surface area contributed by atoms with Crippen LogP contribution in [0.5, 0.6) is 0 Å². The summed E-state index contributed by atoms with van der Waals surface area (Å²) in [4.78, 5) is 7.06. The molecule has 2 heterocycles. The topological polar surface area (TPSA) is 81.3 Å². The predicted molar refractivity (Wildman–Crippen MR) is 97.5 cm³/mol. The molecule has 1 atom stereocenters. The fraction of sp³-hybridized carbons (Fsp3) is 0.333. The molecule has 0 saturated carbocycles. The van der Waals surface area contributed by atoms with Crippen LogP contribution in [0.3, 0.4) is 0 Å². The Balaban J connectivity index is 1.67. The van der Waals surface area contributed by atoms with Gasteiger partial charge in [0.2, 0.25) is 0 Å². The average Bonchev–Trinajstić information content (AvgIpc) is 2.65. The highest BCUT2D eigenvalue weighted by Crippen LogP contribution is 2.27. The van der Waals surface area contributed by atoms with E-state index >= 15 is 0 Å². The summed E-state index contributed by atoms with van der Waals surface area (Å²) >= 11 is 0. The van der Waals surface area contributed by atoms with Crippen molar-refractivity contribution in [1.29, 1.82) is 5.41 Å². The van der Waals surface area contributed by atoms with E-state index in [0.717, 1.165) is 37.9 Å². The van der Waals surface area contributed by atoms with Crippen LogP contribution in [0, 0.1) is 5.41 Å². The van der Waals surface area contributed by atoms with Crippen LogP contribution in [0.25, 0.3) is 10.9 Å². The first-order valence-corrected chi connectivity index (χ1v) is 8.24. The maximum absolute atomic E-state index is 7.08. The molecular weight excluding hydrogens is 300 g/mol.